The van der Waals surface area contributed by atoms with Gasteiger partial charge in [-0.1, -0.05) is 0 Å². The van der Waals surface area contributed by atoms with Crippen molar-refractivity contribution in [3.05, 3.63) is 22.3 Å². The van der Waals surface area contributed by atoms with E-state index in [0.717, 1.165) is 35.3 Å². The molecule has 0 unspecified atom stereocenters. The molecule has 1 aromatic carbocycles. The first-order valence-electron chi connectivity index (χ1n) is 6.08. The summed E-state index contributed by atoms with van der Waals surface area (Å²) in [6.45, 7) is 2.73. The highest BCUT2D eigenvalue weighted by atomic mass is 16.5. The Kier molecular flexibility index (Phi) is 2.48. The molecular formula is C14H13NO3. The minimum atomic E-state index is 0.103. The Labute approximate surface area is 105 Å². The van der Waals surface area contributed by atoms with Crippen molar-refractivity contribution in [1.82, 2.24) is 0 Å². The minimum Gasteiger partial charge on any atom is -0.493 e. The number of fused-ring (bicyclic) bond motifs is 2. The fraction of sp³-hybridized carbons (Fsp3) is 0.429. The molecule has 1 aromatic rings. The summed E-state index contributed by atoms with van der Waals surface area (Å²) in [5, 5.41) is 9.29. The maximum Gasteiger partial charge on any atom is 0.141 e. The maximum absolute atomic E-state index is 11.4. The van der Waals surface area contributed by atoms with Gasteiger partial charge in [-0.3, -0.25) is 4.79 Å². The van der Waals surface area contributed by atoms with E-state index in [1.165, 1.54) is 0 Å². The van der Waals surface area contributed by atoms with Crippen LogP contribution < -0.4 is 9.47 Å². The lowest BCUT2D eigenvalue weighted by atomic mass is 9.92. The molecule has 0 aliphatic carbocycles. The lowest BCUT2D eigenvalue weighted by Gasteiger charge is -2.13. The van der Waals surface area contributed by atoms with Crippen LogP contribution >= 0.6 is 0 Å². The molecule has 0 N–H and O–H groups in total. The average Bonchev–Trinajstić information content (AvgIpc) is 2.96. The van der Waals surface area contributed by atoms with E-state index in [-0.39, 0.29) is 5.78 Å². The summed E-state index contributed by atoms with van der Waals surface area (Å²) >= 11 is 0. The van der Waals surface area contributed by atoms with Crippen LogP contribution in [0.3, 0.4) is 0 Å². The molecule has 0 saturated heterocycles. The summed E-state index contributed by atoms with van der Waals surface area (Å²) in [6, 6.07) is 2.22. The number of ether oxygens (including phenoxy) is 2. The maximum atomic E-state index is 11.4. The van der Waals surface area contributed by atoms with Gasteiger partial charge in [-0.05, 0) is 6.92 Å². The predicted octanol–water partition coefficient (Wildman–Crippen LogP) is 1.56. The highest BCUT2D eigenvalue weighted by Gasteiger charge is 2.31. The van der Waals surface area contributed by atoms with Crippen LogP contribution in [0.5, 0.6) is 11.5 Å². The van der Waals surface area contributed by atoms with Crippen molar-refractivity contribution in [3.63, 3.8) is 0 Å². The molecule has 0 spiro atoms. The van der Waals surface area contributed by atoms with Gasteiger partial charge in [0.15, 0.2) is 0 Å². The van der Waals surface area contributed by atoms with Crippen LogP contribution in [0.25, 0.3) is 0 Å². The van der Waals surface area contributed by atoms with Gasteiger partial charge in [-0.25, -0.2) is 0 Å². The number of rotatable bonds is 2. The monoisotopic (exact) mass is 243 g/mol. The van der Waals surface area contributed by atoms with Gasteiger partial charge in [0.05, 0.1) is 13.2 Å². The van der Waals surface area contributed by atoms with Crippen LogP contribution in [0.15, 0.2) is 0 Å². The third-order valence-electron chi connectivity index (χ3n) is 3.45. The molecule has 0 bridgehead atoms. The van der Waals surface area contributed by atoms with Gasteiger partial charge in [-0.15, -0.1) is 0 Å². The van der Waals surface area contributed by atoms with Crippen LogP contribution in [0.1, 0.15) is 29.2 Å². The zero-order valence-electron chi connectivity index (χ0n) is 10.2. The minimum absolute atomic E-state index is 0.103. The molecule has 4 nitrogen and oxygen atoms in total. The SMILES string of the molecule is CC(=O)Cc1c2c(c(C#N)c3c1OCC3)OCC2. The quantitative estimate of drug-likeness (QED) is 0.791. The van der Waals surface area contributed by atoms with E-state index < -0.39 is 0 Å². The number of hydrogen-bond acceptors (Lipinski definition) is 4. The summed E-state index contributed by atoms with van der Waals surface area (Å²) in [7, 11) is 0. The molecule has 18 heavy (non-hydrogen) atoms. The Hall–Kier alpha value is -2.02. The van der Waals surface area contributed by atoms with Gasteiger partial charge in [-0.2, -0.15) is 5.26 Å². The van der Waals surface area contributed by atoms with Crippen molar-refractivity contribution in [2.75, 3.05) is 13.2 Å². The van der Waals surface area contributed by atoms with Crippen LogP contribution in [-0.4, -0.2) is 19.0 Å². The van der Waals surface area contributed by atoms with E-state index in [9.17, 15) is 10.1 Å². The number of Topliss-reactive ketones (excluding diaryl/α,β-unsaturated/α-hetero) is 1. The van der Waals surface area contributed by atoms with Crippen LogP contribution in [0.4, 0.5) is 0 Å². The number of hydrogen-bond donors (Lipinski definition) is 0. The number of nitrogens with zero attached hydrogens (tertiary/aromatic N) is 1. The fourth-order valence-electron chi connectivity index (χ4n) is 2.76. The zero-order chi connectivity index (χ0) is 12.7. The lowest BCUT2D eigenvalue weighted by molar-refractivity contribution is -0.116. The van der Waals surface area contributed by atoms with E-state index in [4.69, 9.17) is 9.47 Å². The van der Waals surface area contributed by atoms with Crippen molar-refractivity contribution in [2.24, 2.45) is 0 Å². The van der Waals surface area contributed by atoms with Crippen molar-refractivity contribution in [2.45, 2.75) is 26.2 Å². The number of ketones is 1. The molecule has 0 radical (unpaired) electrons. The molecule has 0 fully saturated rings. The molecule has 92 valence electrons. The van der Waals surface area contributed by atoms with Crippen molar-refractivity contribution in [3.8, 4) is 17.6 Å². The molecule has 0 saturated carbocycles. The largest absolute Gasteiger partial charge is 0.493 e. The zero-order valence-corrected chi connectivity index (χ0v) is 10.2. The van der Waals surface area contributed by atoms with Crippen LogP contribution in [-0.2, 0) is 24.1 Å². The van der Waals surface area contributed by atoms with Gasteiger partial charge >= 0.3 is 0 Å². The van der Waals surface area contributed by atoms with E-state index in [0.29, 0.717) is 30.9 Å². The van der Waals surface area contributed by atoms with Crippen molar-refractivity contribution in [1.29, 1.82) is 5.26 Å². The second-order valence-corrected chi connectivity index (χ2v) is 4.66. The Morgan fingerprint density at radius 1 is 1.22 bits per heavy atom. The van der Waals surface area contributed by atoms with E-state index in [1.807, 2.05) is 0 Å². The first-order chi connectivity index (χ1) is 8.72. The van der Waals surface area contributed by atoms with Crippen LogP contribution in [0, 0.1) is 11.3 Å². The van der Waals surface area contributed by atoms with E-state index in [2.05, 4.69) is 6.07 Å². The van der Waals surface area contributed by atoms with Crippen molar-refractivity contribution < 1.29 is 14.3 Å². The molecule has 2 heterocycles. The predicted molar refractivity (Wildman–Crippen MR) is 63.9 cm³/mol. The summed E-state index contributed by atoms with van der Waals surface area (Å²) in [6.07, 6.45) is 1.84. The number of carbonyl (C=O) groups is 1. The van der Waals surface area contributed by atoms with Gasteiger partial charge in [0.2, 0.25) is 0 Å². The Morgan fingerprint density at radius 3 is 2.56 bits per heavy atom. The fourth-order valence-corrected chi connectivity index (χ4v) is 2.76. The molecule has 4 heteroatoms. The Bertz CT molecular complexity index is 549. The molecule has 0 atom stereocenters. The van der Waals surface area contributed by atoms with E-state index >= 15 is 0 Å². The molecule has 0 aromatic heterocycles. The third-order valence-corrected chi connectivity index (χ3v) is 3.45. The number of benzene rings is 1. The first-order valence-corrected chi connectivity index (χ1v) is 6.08. The molecule has 3 rings (SSSR count). The normalized spacial score (nSPS) is 15.3. The second-order valence-electron chi connectivity index (χ2n) is 4.66. The van der Waals surface area contributed by atoms with Gasteiger partial charge in [0, 0.05) is 36.0 Å². The van der Waals surface area contributed by atoms with Gasteiger partial charge < -0.3 is 9.47 Å². The highest BCUT2D eigenvalue weighted by Crippen LogP contribution is 2.44. The lowest BCUT2D eigenvalue weighted by Crippen LogP contribution is -2.04. The van der Waals surface area contributed by atoms with Gasteiger partial charge in [0.25, 0.3) is 0 Å². The first kappa shape index (κ1) is 11.1. The summed E-state index contributed by atoms with van der Waals surface area (Å²) < 4.78 is 11.2. The number of carbonyl (C=O) groups excluding carboxylic acids is 1. The molecule has 2 aliphatic heterocycles. The third kappa shape index (κ3) is 1.47. The van der Waals surface area contributed by atoms with Gasteiger partial charge in [0.1, 0.15) is 28.9 Å². The molecular weight excluding hydrogens is 230 g/mol. The highest BCUT2D eigenvalue weighted by molar-refractivity contribution is 5.81. The standard InChI is InChI=1S/C14H13NO3/c1-8(16)6-11-9-2-4-18-14(9)12(7-15)10-3-5-17-13(10)11/h2-6H2,1H3. The Balaban J connectivity index is 2.27. The second kappa shape index (κ2) is 4.02. The summed E-state index contributed by atoms with van der Waals surface area (Å²) in [5.41, 5.74) is 3.43. The number of nitriles is 1. The summed E-state index contributed by atoms with van der Waals surface area (Å²) in [4.78, 5) is 11.4. The van der Waals surface area contributed by atoms with Crippen LogP contribution in [0.2, 0.25) is 0 Å². The Morgan fingerprint density at radius 2 is 1.89 bits per heavy atom. The molecule has 0 amide bonds. The average molecular weight is 243 g/mol. The summed E-state index contributed by atoms with van der Waals surface area (Å²) in [5.74, 6) is 1.54. The van der Waals surface area contributed by atoms with E-state index in [1.54, 1.807) is 6.92 Å². The molecule has 2 aliphatic rings. The topological polar surface area (TPSA) is 59.3 Å². The smallest absolute Gasteiger partial charge is 0.141 e. The van der Waals surface area contributed by atoms with Crippen molar-refractivity contribution >= 4 is 5.78 Å².